The number of carbonyl (C=O) groups excluding carboxylic acids is 1. The lowest BCUT2D eigenvalue weighted by Gasteiger charge is -2.08. The van der Waals surface area contributed by atoms with Crippen molar-refractivity contribution in [1.82, 2.24) is 25.0 Å². The number of carbonyl (C=O) groups is 1. The Kier molecular flexibility index (Phi) is 5.83. The van der Waals surface area contributed by atoms with E-state index in [0.717, 1.165) is 29.7 Å². The third kappa shape index (κ3) is 4.53. The number of urea groups is 1. The van der Waals surface area contributed by atoms with E-state index in [2.05, 4.69) is 15.7 Å². The number of nitrogens with zero attached hydrogens (tertiary/aromatic N) is 3. The van der Waals surface area contributed by atoms with Gasteiger partial charge in [0.1, 0.15) is 5.75 Å². The second kappa shape index (κ2) is 8.86. The van der Waals surface area contributed by atoms with Crippen molar-refractivity contribution < 1.29 is 9.53 Å². The van der Waals surface area contributed by atoms with E-state index < -0.39 is 0 Å². The molecular weight excluding hydrogens is 382 g/mol. The predicted molar refractivity (Wildman–Crippen MR) is 113 cm³/mol. The van der Waals surface area contributed by atoms with E-state index in [-0.39, 0.29) is 17.8 Å². The number of methoxy groups -OCH3 is 1. The van der Waals surface area contributed by atoms with Crippen LogP contribution in [-0.4, -0.2) is 34.0 Å². The Bertz CT molecular complexity index is 1050. The summed E-state index contributed by atoms with van der Waals surface area (Å²) in [6.07, 6.45) is 1.99. The molecular formula is C22H25N5O3. The number of rotatable bonds is 8. The van der Waals surface area contributed by atoms with Gasteiger partial charge in [-0.25, -0.2) is 14.3 Å². The Labute approximate surface area is 174 Å². The van der Waals surface area contributed by atoms with Gasteiger partial charge in [0.2, 0.25) is 0 Å². The first-order valence-corrected chi connectivity index (χ1v) is 10.0. The summed E-state index contributed by atoms with van der Waals surface area (Å²) >= 11 is 0. The minimum atomic E-state index is -0.288. The van der Waals surface area contributed by atoms with Crippen LogP contribution in [0.1, 0.15) is 24.4 Å². The number of benzene rings is 2. The molecule has 0 radical (unpaired) electrons. The van der Waals surface area contributed by atoms with E-state index in [4.69, 9.17) is 4.74 Å². The molecule has 4 rings (SSSR count). The van der Waals surface area contributed by atoms with Gasteiger partial charge in [-0.3, -0.25) is 4.57 Å². The van der Waals surface area contributed by atoms with Gasteiger partial charge in [0.25, 0.3) is 0 Å². The Morgan fingerprint density at radius 2 is 1.83 bits per heavy atom. The average Bonchev–Trinajstić information content (AvgIpc) is 3.57. The fraction of sp³-hybridized carbons (Fsp3) is 0.318. The van der Waals surface area contributed by atoms with Crippen molar-refractivity contribution in [2.45, 2.75) is 32.0 Å². The number of amides is 2. The van der Waals surface area contributed by atoms with Gasteiger partial charge in [-0.05, 0) is 30.5 Å². The van der Waals surface area contributed by atoms with Crippen molar-refractivity contribution in [2.24, 2.45) is 0 Å². The first kappa shape index (κ1) is 19.8. The summed E-state index contributed by atoms with van der Waals surface area (Å²) < 4.78 is 8.33. The summed E-state index contributed by atoms with van der Waals surface area (Å²) in [5.41, 5.74) is 1.76. The molecule has 1 aliphatic rings. The van der Waals surface area contributed by atoms with E-state index in [1.54, 1.807) is 11.7 Å². The molecule has 2 amide bonds. The average molecular weight is 407 g/mol. The lowest BCUT2D eigenvalue weighted by Crippen LogP contribution is -2.38. The van der Waals surface area contributed by atoms with Crippen LogP contribution in [-0.2, 0) is 13.1 Å². The SMILES string of the molecule is COc1ccc(CNC(=O)NCCn2nc(-c3ccccc3)n(C3CC3)c2=O)cc1. The molecule has 0 aliphatic heterocycles. The van der Waals surface area contributed by atoms with E-state index in [9.17, 15) is 9.59 Å². The van der Waals surface area contributed by atoms with E-state index in [0.29, 0.717) is 25.5 Å². The fourth-order valence-corrected chi connectivity index (χ4v) is 3.28. The van der Waals surface area contributed by atoms with Gasteiger partial charge in [-0.2, -0.15) is 0 Å². The molecule has 8 heteroatoms. The second-order valence-electron chi connectivity index (χ2n) is 7.25. The van der Waals surface area contributed by atoms with Crippen LogP contribution in [0.5, 0.6) is 5.75 Å². The summed E-state index contributed by atoms with van der Waals surface area (Å²) in [6.45, 7) is 1.03. The maximum Gasteiger partial charge on any atom is 0.346 e. The van der Waals surface area contributed by atoms with Crippen molar-refractivity contribution in [2.75, 3.05) is 13.7 Å². The maximum atomic E-state index is 12.8. The van der Waals surface area contributed by atoms with Gasteiger partial charge in [0.05, 0.1) is 13.7 Å². The highest BCUT2D eigenvalue weighted by Gasteiger charge is 2.30. The van der Waals surface area contributed by atoms with Crippen molar-refractivity contribution >= 4 is 6.03 Å². The van der Waals surface area contributed by atoms with Gasteiger partial charge in [-0.1, -0.05) is 42.5 Å². The van der Waals surface area contributed by atoms with Crippen LogP contribution in [0.25, 0.3) is 11.4 Å². The maximum absolute atomic E-state index is 12.8. The number of ether oxygens (including phenoxy) is 1. The molecule has 1 fully saturated rings. The third-order valence-electron chi connectivity index (χ3n) is 5.04. The van der Waals surface area contributed by atoms with Crippen molar-refractivity contribution in [3.63, 3.8) is 0 Å². The number of nitrogens with one attached hydrogen (secondary N) is 2. The van der Waals surface area contributed by atoms with Gasteiger partial charge >= 0.3 is 11.7 Å². The van der Waals surface area contributed by atoms with Gasteiger partial charge in [0.15, 0.2) is 5.82 Å². The summed E-state index contributed by atoms with van der Waals surface area (Å²) in [5, 5.41) is 10.1. The van der Waals surface area contributed by atoms with E-state index in [1.165, 1.54) is 4.68 Å². The molecule has 0 spiro atoms. The Morgan fingerprint density at radius 3 is 2.50 bits per heavy atom. The molecule has 30 heavy (non-hydrogen) atoms. The lowest BCUT2D eigenvalue weighted by atomic mass is 10.2. The highest BCUT2D eigenvalue weighted by Crippen LogP contribution is 2.36. The highest BCUT2D eigenvalue weighted by molar-refractivity contribution is 5.73. The molecule has 1 aliphatic carbocycles. The molecule has 0 saturated heterocycles. The Hall–Kier alpha value is -3.55. The Balaban J connectivity index is 1.33. The topological polar surface area (TPSA) is 90.2 Å². The zero-order chi connectivity index (χ0) is 20.9. The molecule has 2 N–H and O–H groups in total. The van der Waals surface area contributed by atoms with Crippen LogP contribution >= 0.6 is 0 Å². The van der Waals surface area contributed by atoms with Crippen LogP contribution in [0.3, 0.4) is 0 Å². The van der Waals surface area contributed by atoms with Crippen molar-refractivity contribution in [3.8, 4) is 17.1 Å². The van der Waals surface area contributed by atoms with Gasteiger partial charge in [-0.15, -0.1) is 5.10 Å². The zero-order valence-corrected chi connectivity index (χ0v) is 16.9. The molecule has 156 valence electrons. The smallest absolute Gasteiger partial charge is 0.346 e. The normalized spacial score (nSPS) is 13.1. The van der Waals surface area contributed by atoms with Crippen molar-refractivity contribution in [3.05, 3.63) is 70.6 Å². The predicted octanol–water partition coefficient (Wildman–Crippen LogP) is 2.55. The summed E-state index contributed by atoms with van der Waals surface area (Å²) in [6, 6.07) is 17.1. The van der Waals surface area contributed by atoms with E-state index in [1.807, 2.05) is 54.6 Å². The number of hydrogen-bond donors (Lipinski definition) is 2. The molecule has 1 saturated carbocycles. The first-order valence-electron chi connectivity index (χ1n) is 10.0. The Morgan fingerprint density at radius 1 is 1.10 bits per heavy atom. The molecule has 8 nitrogen and oxygen atoms in total. The molecule has 2 aromatic carbocycles. The fourth-order valence-electron chi connectivity index (χ4n) is 3.28. The minimum absolute atomic E-state index is 0.128. The summed E-state index contributed by atoms with van der Waals surface area (Å²) in [7, 11) is 1.61. The van der Waals surface area contributed by atoms with Crippen molar-refractivity contribution in [1.29, 1.82) is 0 Å². The first-order chi connectivity index (χ1) is 14.7. The number of aromatic nitrogens is 3. The van der Waals surface area contributed by atoms with Crippen LogP contribution < -0.4 is 21.1 Å². The minimum Gasteiger partial charge on any atom is -0.497 e. The quantitative estimate of drug-likeness (QED) is 0.601. The molecule has 1 aromatic heterocycles. The largest absolute Gasteiger partial charge is 0.497 e. The molecule has 3 aromatic rings. The monoisotopic (exact) mass is 407 g/mol. The van der Waals surface area contributed by atoms with Crippen LogP contribution in [0.4, 0.5) is 4.79 Å². The zero-order valence-electron chi connectivity index (χ0n) is 16.9. The van der Waals surface area contributed by atoms with E-state index >= 15 is 0 Å². The molecule has 1 heterocycles. The third-order valence-corrected chi connectivity index (χ3v) is 5.04. The van der Waals surface area contributed by atoms with Crippen LogP contribution in [0.2, 0.25) is 0 Å². The van der Waals surface area contributed by atoms with Gasteiger partial charge < -0.3 is 15.4 Å². The number of hydrogen-bond acceptors (Lipinski definition) is 4. The van der Waals surface area contributed by atoms with Gasteiger partial charge in [0, 0.05) is 24.7 Å². The second-order valence-corrected chi connectivity index (χ2v) is 7.25. The van der Waals surface area contributed by atoms with Crippen LogP contribution in [0.15, 0.2) is 59.4 Å². The molecule has 0 bridgehead atoms. The summed E-state index contributed by atoms with van der Waals surface area (Å²) in [5.74, 6) is 1.46. The molecule has 0 unspecified atom stereocenters. The molecule has 0 atom stereocenters. The highest BCUT2D eigenvalue weighted by atomic mass is 16.5. The van der Waals surface area contributed by atoms with Crippen LogP contribution in [0, 0.1) is 0 Å². The lowest BCUT2D eigenvalue weighted by molar-refractivity contribution is 0.240. The standard InChI is InChI=1S/C22H25N5O3/c1-30-19-11-7-16(8-12-19)15-24-21(28)23-13-14-26-22(29)27(18-9-10-18)20(25-26)17-5-3-2-4-6-17/h2-8,11-12,18H,9-10,13-15H2,1H3,(H2,23,24,28). The summed E-state index contributed by atoms with van der Waals surface area (Å²) in [4.78, 5) is 24.9.